The fraction of sp³-hybridized carbons (Fsp3) is 0.417. The molecule has 112 valence electrons. The highest BCUT2D eigenvalue weighted by molar-refractivity contribution is 5.51. The first-order valence-electron chi connectivity index (χ1n) is 6.24. The molecule has 0 aliphatic carbocycles. The SMILES string of the molecule is CNc1nc(C)c([N+](=O)[O-])c(Oc2c(C)nn(C)c2C)n1. The number of ether oxygens (including phenoxy) is 1. The minimum atomic E-state index is -0.550. The summed E-state index contributed by atoms with van der Waals surface area (Å²) in [5.41, 5.74) is 1.36. The molecule has 0 atom stereocenters. The summed E-state index contributed by atoms with van der Waals surface area (Å²) in [6.07, 6.45) is 0. The van der Waals surface area contributed by atoms with E-state index < -0.39 is 4.92 Å². The minimum absolute atomic E-state index is 0.101. The Labute approximate surface area is 121 Å². The lowest BCUT2D eigenvalue weighted by atomic mass is 10.3. The minimum Gasteiger partial charge on any atom is -0.430 e. The van der Waals surface area contributed by atoms with E-state index in [1.165, 1.54) is 6.92 Å². The van der Waals surface area contributed by atoms with E-state index in [0.717, 1.165) is 5.69 Å². The lowest BCUT2D eigenvalue weighted by Crippen LogP contribution is -2.05. The van der Waals surface area contributed by atoms with Crippen LogP contribution in [0.2, 0.25) is 0 Å². The van der Waals surface area contributed by atoms with Gasteiger partial charge in [0.15, 0.2) is 5.75 Å². The number of anilines is 1. The first-order valence-corrected chi connectivity index (χ1v) is 6.24. The van der Waals surface area contributed by atoms with Gasteiger partial charge < -0.3 is 10.1 Å². The van der Waals surface area contributed by atoms with Crippen LogP contribution in [0, 0.1) is 30.9 Å². The van der Waals surface area contributed by atoms with Crippen LogP contribution in [0.15, 0.2) is 0 Å². The van der Waals surface area contributed by atoms with E-state index in [9.17, 15) is 10.1 Å². The van der Waals surface area contributed by atoms with Crippen LogP contribution in [0.1, 0.15) is 17.1 Å². The van der Waals surface area contributed by atoms with E-state index in [1.807, 2.05) is 6.92 Å². The van der Waals surface area contributed by atoms with Crippen molar-refractivity contribution in [1.82, 2.24) is 19.7 Å². The Hall–Kier alpha value is -2.71. The maximum absolute atomic E-state index is 11.2. The van der Waals surface area contributed by atoms with Crippen molar-refractivity contribution in [3.05, 3.63) is 27.2 Å². The largest absolute Gasteiger partial charge is 0.430 e. The van der Waals surface area contributed by atoms with Crippen molar-refractivity contribution in [2.24, 2.45) is 7.05 Å². The van der Waals surface area contributed by atoms with Crippen molar-refractivity contribution < 1.29 is 9.66 Å². The number of hydrogen-bond donors (Lipinski definition) is 1. The zero-order valence-electron chi connectivity index (χ0n) is 12.5. The highest BCUT2D eigenvalue weighted by Gasteiger charge is 2.26. The molecule has 2 aromatic heterocycles. The second-order valence-corrected chi connectivity index (χ2v) is 4.52. The van der Waals surface area contributed by atoms with E-state index in [-0.39, 0.29) is 23.2 Å². The Kier molecular flexibility index (Phi) is 3.74. The summed E-state index contributed by atoms with van der Waals surface area (Å²) in [5, 5.41) is 18.2. The number of aryl methyl sites for hydroxylation is 3. The number of rotatable bonds is 4. The topological polar surface area (TPSA) is 108 Å². The molecule has 2 rings (SSSR count). The number of nitrogens with one attached hydrogen (secondary N) is 1. The quantitative estimate of drug-likeness (QED) is 0.677. The van der Waals surface area contributed by atoms with Crippen LogP contribution in [0.25, 0.3) is 0 Å². The third kappa shape index (κ3) is 2.62. The van der Waals surface area contributed by atoms with Crippen molar-refractivity contribution in [2.75, 3.05) is 12.4 Å². The zero-order chi connectivity index (χ0) is 15.7. The summed E-state index contributed by atoms with van der Waals surface area (Å²) in [6.45, 7) is 5.12. The molecule has 9 nitrogen and oxygen atoms in total. The van der Waals surface area contributed by atoms with Crippen LogP contribution in [0.3, 0.4) is 0 Å². The molecular weight excluding hydrogens is 276 g/mol. The molecule has 0 bridgehead atoms. The fourth-order valence-electron chi connectivity index (χ4n) is 1.93. The normalized spacial score (nSPS) is 10.5. The monoisotopic (exact) mass is 292 g/mol. The van der Waals surface area contributed by atoms with Crippen molar-refractivity contribution >= 4 is 11.6 Å². The van der Waals surface area contributed by atoms with Crippen LogP contribution in [-0.4, -0.2) is 31.7 Å². The highest BCUT2D eigenvalue weighted by Crippen LogP contribution is 2.34. The lowest BCUT2D eigenvalue weighted by Gasteiger charge is -2.08. The molecule has 1 N–H and O–H groups in total. The standard InChI is InChI=1S/C12H16N6O3/c1-6-9(18(19)20)11(15-12(13-4)14-6)21-10-7(2)16-17(5)8(10)3/h1-5H3,(H,13,14,15). The molecule has 0 saturated heterocycles. The summed E-state index contributed by atoms with van der Waals surface area (Å²) in [5.74, 6) is 0.615. The molecule has 0 amide bonds. The van der Waals surface area contributed by atoms with Crippen LogP contribution < -0.4 is 10.1 Å². The van der Waals surface area contributed by atoms with Crippen LogP contribution in [-0.2, 0) is 7.05 Å². The van der Waals surface area contributed by atoms with Gasteiger partial charge in [-0.25, -0.2) is 4.98 Å². The van der Waals surface area contributed by atoms with Gasteiger partial charge in [0, 0.05) is 14.1 Å². The molecule has 0 aromatic carbocycles. The zero-order valence-corrected chi connectivity index (χ0v) is 12.5. The van der Waals surface area contributed by atoms with Gasteiger partial charge in [-0.15, -0.1) is 0 Å². The molecule has 0 unspecified atom stereocenters. The Bertz CT molecular complexity index is 710. The first kappa shape index (κ1) is 14.7. The molecule has 2 heterocycles. The maximum Gasteiger partial charge on any atom is 0.352 e. The summed E-state index contributed by atoms with van der Waals surface area (Å²) in [7, 11) is 3.40. The van der Waals surface area contributed by atoms with Crippen molar-refractivity contribution in [2.45, 2.75) is 20.8 Å². The highest BCUT2D eigenvalue weighted by atomic mass is 16.6. The predicted octanol–water partition coefficient (Wildman–Crippen LogP) is 1.88. The van der Waals surface area contributed by atoms with E-state index in [2.05, 4.69) is 20.4 Å². The second-order valence-electron chi connectivity index (χ2n) is 4.52. The van der Waals surface area contributed by atoms with Gasteiger partial charge in [-0.2, -0.15) is 10.1 Å². The lowest BCUT2D eigenvalue weighted by molar-refractivity contribution is -0.386. The molecule has 0 radical (unpaired) electrons. The third-order valence-corrected chi connectivity index (χ3v) is 3.07. The van der Waals surface area contributed by atoms with Gasteiger partial charge in [0.25, 0.3) is 0 Å². The van der Waals surface area contributed by atoms with Crippen molar-refractivity contribution in [3.8, 4) is 11.6 Å². The van der Waals surface area contributed by atoms with E-state index in [0.29, 0.717) is 11.4 Å². The molecule has 2 aromatic rings. The number of hydrogen-bond acceptors (Lipinski definition) is 7. The molecule has 21 heavy (non-hydrogen) atoms. The van der Waals surface area contributed by atoms with Gasteiger partial charge >= 0.3 is 11.6 Å². The maximum atomic E-state index is 11.2. The van der Waals surface area contributed by atoms with E-state index in [1.54, 1.807) is 25.7 Å². The van der Waals surface area contributed by atoms with Crippen LogP contribution >= 0.6 is 0 Å². The number of nitro groups is 1. The summed E-state index contributed by atoms with van der Waals surface area (Å²) >= 11 is 0. The smallest absolute Gasteiger partial charge is 0.352 e. The van der Waals surface area contributed by atoms with Gasteiger partial charge in [-0.1, -0.05) is 0 Å². The first-order chi connectivity index (χ1) is 9.85. The molecule has 0 aliphatic rings. The number of nitrogens with zero attached hydrogens (tertiary/aromatic N) is 5. The van der Waals surface area contributed by atoms with Crippen molar-refractivity contribution in [1.29, 1.82) is 0 Å². The van der Waals surface area contributed by atoms with Gasteiger partial charge in [0.05, 0.1) is 10.6 Å². The molecule has 0 saturated carbocycles. The molecule has 0 spiro atoms. The third-order valence-electron chi connectivity index (χ3n) is 3.07. The van der Waals surface area contributed by atoms with Crippen LogP contribution in [0.4, 0.5) is 11.6 Å². The Morgan fingerprint density at radius 2 is 1.90 bits per heavy atom. The van der Waals surface area contributed by atoms with Crippen molar-refractivity contribution in [3.63, 3.8) is 0 Å². The van der Waals surface area contributed by atoms with Gasteiger partial charge in [0.2, 0.25) is 5.95 Å². The summed E-state index contributed by atoms with van der Waals surface area (Å²) in [6, 6.07) is 0. The summed E-state index contributed by atoms with van der Waals surface area (Å²) in [4.78, 5) is 18.7. The van der Waals surface area contributed by atoms with Gasteiger partial charge in [-0.3, -0.25) is 14.8 Å². The van der Waals surface area contributed by atoms with Gasteiger partial charge in [0.1, 0.15) is 11.4 Å². The Morgan fingerprint density at radius 3 is 2.38 bits per heavy atom. The molecular formula is C12H16N6O3. The Morgan fingerprint density at radius 1 is 1.24 bits per heavy atom. The summed E-state index contributed by atoms with van der Waals surface area (Å²) < 4.78 is 7.30. The second kappa shape index (κ2) is 5.35. The average Bonchev–Trinajstić information content (AvgIpc) is 2.64. The average molecular weight is 292 g/mol. The predicted molar refractivity (Wildman–Crippen MR) is 75.7 cm³/mol. The Balaban J connectivity index is 2.57. The molecule has 0 aliphatic heterocycles. The van der Waals surface area contributed by atoms with E-state index >= 15 is 0 Å². The molecule has 0 fully saturated rings. The van der Waals surface area contributed by atoms with E-state index in [4.69, 9.17) is 4.74 Å². The molecule has 9 heteroatoms. The fourth-order valence-corrected chi connectivity index (χ4v) is 1.93. The van der Waals surface area contributed by atoms with Gasteiger partial charge in [-0.05, 0) is 20.8 Å². The number of aromatic nitrogens is 4. The van der Waals surface area contributed by atoms with Crippen LogP contribution in [0.5, 0.6) is 11.6 Å².